The van der Waals surface area contributed by atoms with Crippen LogP contribution in [0.25, 0.3) is 10.9 Å². The van der Waals surface area contributed by atoms with E-state index < -0.39 is 25.9 Å². The van der Waals surface area contributed by atoms with Crippen molar-refractivity contribution in [3.63, 3.8) is 0 Å². The van der Waals surface area contributed by atoms with E-state index in [-0.39, 0.29) is 6.54 Å². The van der Waals surface area contributed by atoms with E-state index in [0.29, 0.717) is 6.42 Å². The summed E-state index contributed by atoms with van der Waals surface area (Å²) in [5, 5.41) is 1.01. The number of nitrogens with zero attached hydrogens (tertiary/aromatic N) is 1. The molecule has 0 fully saturated rings. The molecule has 0 saturated carbocycles. The smallest absolute Gasteiger partial charge is 0.251 e. The standard InChI is InChI=1S/C15H18F4N2S/c1-22-11-2-3-13-12(6-11)10(7-20-13)4-5-21(8-14(16)17)9-15(18)19/h2-3,6-7,14-15,20H,4-5,8-9H2,1H3. The lowest BCUT2D eigenvalue weighted by Gasteiger charge is -2.21. The maximum absolute atomic E-state index is 12.5. The molecule has 1 aromatic heterocycles. The van der Waals surface area contributed by atoms with Crippen LogP contribution in [0, 0.1) is 0 Å². The van der Waals surface area contributed by atoms with E-state index in [1.807, 2.05) is 30.7 Å². The number of aromatic nitrogens is 1. The molecule has 0 aliphatic carbocycles. The fourth-order valence-electron chi connectivity index (χ4n) is 2.42. The van der Waals surface area contributed by atoms with Crippen LogP contribution in [-0.2, 0) is 6.42 Å². The van der Waals surface area contributed by atoms with Gasteiger partial charge in [-0.05, 0) is 36.4 Å². The van der Waals surface area contributed by atoms with Crippen molar-refractivity contribution in [3.05, 3.63) is 30.0 Å². The maximum Gasteiger partial charge on any atom is 0.251 e. The van der Waals surface area contributed by atoms with Gasteiger partial charge < -0.3 is 4.98 Å². The van der Waals surface area contributed by atoms with Crippen molar-refractivity contribution in [1.82, 2.24) is 9.88 Å². The number of aromatic amines is 1. The first-order valence-electron chi connectivity index (χ1n) is 6.92. The first kappa shape index (κ1) is 17.1. The van der Waals surface area contributed by atoms with E-state index in [2.05, 4.69) is 4.98 Å². The molecule has 0 saturated heterocycles. The molecular formula is C15H18F4N2S. The van der Waals surface area contributed by atoms with Crippen LogP contribution in [0.2, 0.25) is 0 Å². The predicted molar refractivity (Wildman–Crippen MR) is 82.2 cm³/mol. The molecule has 1 heterocycles. The molecule has 0 aliphatic rings. The van der Waals surface area contributed by atoms with Crippen molar-refractivity contribution < 1.29 is 17.6 Å². The minimum atomic E-state index is -2.61. The summed E-state index contributed by atoms with van der Waals surface area (Å²) in [4.78, 5) is 5.34. The Hall–Kier alpha value is -1.21. The second-order valence-corrected chi connectivity index (χ2v) is 5.90. The lowest BCUT2D eigenvalue weighted by Crippen LogP contribution is -2.34. The van der Waals surface area contributed by atoms with Gasteiger partial charge in [0.1, 0.15) is 0 Å². The van der Waals surface area contributed by atoms with Gasteiger partial charge in [0.05, 0.1) is 13.1 Å². The molecule has 122 valence electrons. The predicted octanol–water partition coefficient (Wildman–Crippen LogP) is 4.26. The van der Waals surface area contributed by atoms with Crippen molar-refractivity contribution in [2.75, 3.05) is 25.9 Å². The molecule has 0 aliphatic heterocycles. The number of hydrogen-bond acceptors (Lipinski definition) is 2. The van der Waals surface area contributed by atoms with Gasteiger partial charge in [0.2, 0.25) is 0 Å². The monoisotopic (exact) mass is 334 g/mol. The minimum Gasteiger partial charge on any atom is -0.361 e. The van der Waals surface area contributed by atoms with Crippen molar-refractivity contribution in [2.45, 2.75) is 24.2 Å². The van der Waals surface area contributed by atoms with Crippen LogP contribution in [0.5, 0.6) is 0 Å². The SMILES string of the molecule is CSc1ccc2[nH]cc(CCN(CC(F)F)CC(F)F)c2c1. The minimum absolute atomic E-state index is 0.186. The van der Waals surface area contributed by atoms with Crippen LogP contribution in [-0.4, -0.2) is 48.6 Å². The zero-order valence-corrected chi connectivity index (χ0v) is 13.0. The molecule has 0 spiro atoms. The summed E-state index contributed by atoms with van der Waals surface area (Å²) in [6.07, 6.45) is -0.968. The first-order chi connectivity index (χ1) is 10.5. The second-order valence-electron chi connectivity index (χ2n) is 5.02. The Morgan fingerprint density at radius 2 is 1.82 bits per heavy atom. The zero-order chi connectivity index (χ0) is 16.1. The van der Waals surface area contributed by atoms with Gasteiger partial charge in [0.25, 0.3) is 12.9 Å². The molecule has 0 unspecified atom stereocenters. The number of hydrogen-bond donors (Lipinski definition) is 1. The summed E-state index contributed by atoms with van der Waals surface area (Å²) in [6.45, 7) is -1.06. The van der Waals surface area contributed by atoms with Gasteiger partial charge in [-0.2, -0.15) is 0 Å². The Balaban J connectivity index is 2.08. The maximum atomic E-state index is 12.5. The normalized spacial score (nSPS) is 12.2. The van der Waals surface area contributed by atoms with Crippen molar-refractivity contribution in [3.8, 4) is 0 Å². The molecule has 0 bridgehead atoms. The van der Waals surface area contributed by atoms with Gasteiger partial charge in [-0.15, -0.1) is 11.8 Å². The summed E-state index contributed by atoms with van der Waals surface area (Å²) in [5.41, 5.74) is 1.92. The molecule has 7 heteroatoms. The number of alkyl halides is 4. The van der Waals surface area contributed by atoms with Crippen molar-refractivity contribution in [2.24, 2.45) is 0 Å². The van der Waals surface area contributed by atoms with Gasteiger partial charge >= 0.3 is 0 Å². The number of halogens is 4. The van der Waals surface area contributed by atoms with Crippen LogP contribution in [0.15, 0.2) is 29.3 Å². The van der Waals surface area contributed by atoms with Crippen LogP contribution in [0.4, 0.5) is 17.6 Å². The van der Waals surface area contributed by atoms with E-state index in [9.17, 15) is 17.6 Å². The highest BCUT2D eigenvalue weighted by Gasteiger charge is 2.17. The average Bonchev–Trinajstić information content (AvgIpc) is 2.85. The number of thioether (sulfide) groups is 1. The molecular weight excluding hydrogens is 316 g/mol. The Labute approximate surface area is 130 Å². The number of rotatable bonds is 8. The molecule has 0 radical (unpaired) electrons. The molecule has 2 aromatic rings. The Morgan fingerprint density at radius 1 is 1.14 bits per heavy atom. The number of fused-ring (bicyclic) bond motifs is 1. The lowest BCUT2D eigenvalue weighted by molar-refractivity contribution is 0.0436. The fraction of sp³-hybridized carbons (Fsp3) is 0.467. The van der Waals surface area contributed by atoms with E-state index in [1.165, 1.54) is 0 Å². The molecule has 1 N–H and O–H groups in total. The zero-order valence-electron chi connectivity index (χ0n) is 12.2. The number of benzene rings is 1. The third-order valence-electron chi connectivity index (χ3n) is 3.46. The molecule has 2 nitrogen and oxygen atoms in total. The number of H-pyrrole nitrogens is 1. The van der Waals surface area contributed by atoms with Crippen molar-refractivity contribution >= 4 is 22.7 Å². The Kier molecular flexibility index (Phi) is 6.14. The van der Waals surface area contributed by atoms with E-state index in [0.717, 1.165) is 26.3 Å². The lowest BCUT2D eigenvalue weighted by atomic mass is 10.1. The van der Waals surface area contributed by atoms with E-state index >= 15 is 0 Å². The highest BCUT2D eigenvalue weighted by molar-refractivity contribution is 7.98. The highest BCUT2D eigenvalue weighted by Crippen LogP contribution is 2.25. The van der Waals surface area contributed by atoms with Gasteiger partial charge in [-0.3, -0.25) is 4.90 Å². The molecule has 0 amide bonds. The van der Waals surface area contributed by atoms with Gasteiger partial charge in [0, 0.05) is 28.5 Å². The quantitative estimate of drug-likeness (QED) is 0.574. The Bertz CT molecular complexity index is 590. The summed E-state index contributed by atoms with van der Waals surface area (Å²) < 4.78 is 49.8. The third-order valence-corrected chi connectivity index (χ3v) is 4.19. The van der Waals surface area contributed by atoms with Crippen LogP contribution in [0.3, 0.4) is 0 Å². The summed E-state index contributed by atoms with van der Waals surface area (Å²) in [5.74, 6) is 0. The molecule has 0 atom stereocenters. The first-order valence-corrected chi connectivity index (χ1v) is 8.14. The second kappa shape index (κ2) is 7.87. The highest BCUT2D eigenvalue weighted by atomic mass is 32.2. The van der Waals surface area contributed by atoms with Crippen molar-refractivity contribution in [1.29, 1.82) is 0 Å². The summed E-state index contributed by atoms with van der Waals surface area (Å²) in [7, 11) is 0. The largest absolute Gasteiger partial charge is 0.361 e. The van der Waals surface area contributed by atoms with Crippen LogP contribution < -0.4 is 0 Å². The van der Waals surface area contributed by atoms with Crippen LogP contribution >= 0.6 is 11.8 Å². The third kappa shape index (κ3) is 4.64. The number of nitrogens with one attached hydrogen (secondary N) is 1. The van der Waals surface area contributed by atoms with Gasteiger partial charge in [0.15, 0.2) is 0 Å². The van der Waals surface area contributed by atoms with Crippen LogP contribution in [0.1, 0.15) is 5.56 Å². The molecule has 22 heavy (non-hydrogen) atoms. The molecule has 2 rings (SSSR count). The van der Waals surface area contributed by atoms with E-state index in [4.69, 9.17) is 0 Å². The molecule has 1 aromatic carbocycles. The Morgan fingerprint density at radius 3 is 2.41 bits per heavy atom. The van der Waals surface area contributed by atoms with Gasteiger partial charge in [-0.25, -0.2) is 17.6 Å². The average molecular weight is 334 g/mol. The topological polar surface area (TPSA) is 19.0 Å². The van der Waals surface area contributed by atoms with E-state index in [1.54, 1.807) is 11.8 Å². The summed E-state index contributed by atoms with van der Waals surface area (Å²) >= 11 is 1.61. The van der Waals surface area contributed by atoms with Gasteiger partial charge in [-0.1, -0.05) is 0 Å². The summed E-state index contributed by atoms with van der Waals surface area (Å²) in [6, 6.07) is 5.98. The fourth-order valence-corrected chi connectivity index (χ4v) is 2.86.